The lowest BCUT2D eigenvalue weighted by atomic mass is 10.1. The highest BCUT2D eigenvalue weighted by molar-refractivity contribution is 6.06. The van der Waals surface area contributed by atoms with Gasteiger partial charge in [0.1, 0.15) is 6.17 Å². The van der Waals surface area contributed by atoms with Crippen LogP contribution < -0.4 is 10.6 Å². The highest BCUT2D eigenvalue weighted by atomic mass is 16.2. The van der Waals surface area contributed by atoms with Crippen LogP contribution in [0.15, 0.2) is 17.1 Å². The van der Waals surface area contributed by atoms with E-state index in [1.54, 1.807) is 13.8 Å². The van der Waals surface area contributed by atoms with Gasteiger partial charge in [0.2, 0.25) is 5.91 Å². The summed E-state index contributed by atoms with van der Waals surface area (Å²) < 4.78 is 0. The number of aliphatic imine (C=N–C) groups is 1. The Morgan fingerprint density at radius 1 is 1.35 bits per heavy atom. The minimum absolute atomic E-state index is 0.271. The molecule has 94 valence electrons. The number of nitrogens with zero attached hydrogens (tertiary/aromatic N) is 1. The lowest BCUT2D eigenvalue weighted by Crippen LogP contribution is -2.45. The van der Waals surface area contributed by atoms with Crippen molar-refractivity contribution < 1.29 is 14.4 Å². The van der Waals surface area contributed by atoms with Crippen LogP contribution in [0.1, 0.15) is 27.2 Å². The first kappa shape index (κ1) is 15.0. The molecule has 0 aliphatic carbocycles. The van der Waals surface area contributed by atoms with Gasteiger partial charge in [0.25, 0.3) is 0 Å². The van der Waals surface area contributed by atoms with Crippen LogP contribution in [0.2, 0.25) is 0 Å². The maximum absolute atomic E-state index is 11.3. The number of rotatable bonds is 5. The van der Waals surface area contributed by atoms with Crippen LogP contribution in [0, 0.1) is 0 Å². The second-order valence-electron chi connectivity index (χ2n) is 3.51. The van der Waals surface area contributed by atoms with E-state index in [0.29, 0.717) is 5.57 Å². The van der Waals surface area contributed by atoms with E-state index in [4.69, 9.17) is 0 Å². The van der Waals surface area contributed by atoms with Crippen molar-refractivity contribution in [1.82, 2.24) is 10.6 Å². The fraction of sp³-hybridized carbons (Fsp3) is 0.455. The molecule has 0 saturated carbocycles. The van der Waals surface area contributed by atoms with Gasteiger partial charge >= 0.3 is 6.03 Å². The molecular weight excluding hydrogens is 222 g/mol. The molecule has 0 bridgehead atoms. The Balaban J connectivity index is 4.08. The molecule has 3 amide bonds. The number of carbonyl (C=O) groups excluding carboxylic acids is 3. The maximum atomic E-state index is 11.3. The zero-order valence-corrected chi connectivity index (χ0v) is 10.2. The van der Waals surface area contributed by atoms with Gasteiger partial charge in [0, 0.05) is 6.21 Å². The summed E-state index contributed by atoms with van der Waals surface area (Å²) in [7, 11) is 0. The molecule has 0 radical (unpaired) electrons. The van der Waals surface area contributed by atoms with Gasteiger partial charge in [-0.2, -0.15) is 0 Å². The Kier molecular flexibility index (Phi) is 6.47. The van der Waals surface area contributed by atoms with Gasteiger partial charge in [0.05, 0.1) is 6.42 Å². The van der Waals surface area contributed by atoms with E-state index >= 15 is 0 Å². The van der Waals surface area contributed by atoms with Crippen molar-refractivity contribution >= 4 is 23.9 Å². The number of carbonyl (C=O) groups is 3. The molecule has 0 heterocycles. The van der Waals surface area contributed by atoms with Gasteiger partial charge < -0.3 is 10.6 Å². The van der Waals surface area contributed by atoms with Crippen molar-refractivity contribution in [3.63, 3.8) is 0 Å². The molecule has 17 heavy (non-hydrogen) atoms. The Morgan fingerprint density at radius 2 is 1.94 bits per heavy atom. The van der Waals surface area contributed by atoms with Crippen molar-refractivity contribution in [2.45, 2.75) is 33.4 Å². The van der Waals surface area contributed by atoms with Crippen LogP contribution in [0.3, 0.4) is 0 Å². The molecule has 0 spiro atoms. The number of Topliss-reactive ketones (excluding diaryl/α,β-unsaturated/α-hetero) is 1. The number of nitrogens with one attached hydrogen (secondary N) is 2. The highest BCUT2D eigenvalue weighted by Gasteiger charge is 2.13. The molecular formula is C11H17N3O3. The average Bonchev–Trinajstić information content (AvgIpc) is 2.16. The van der Waals surface area contributed by atoms with Gasteiger partial charge in [-0.25, -0.2) is 9.79 Å². The van der Waals surface area contributed by atoms with Crippen molar-refractivity contribution in [3.05, 3.63) is 12.2 Å². The number of amides is 3. The first-order valence-corrected chi connectivity index (χ1v) is 5.14. The molecule has 0 fully saturated rings. The zero-order chi connectivity index (χ0) is 13.4. The second kappa shape index (κ2) is 7.32. The van der Waals surface area contributed by atoms with E-state index in [0.717, 1.165) is 0 Å². The molecule has 0 aliphatic rings. The first-order chi connectivity index (χ1) is 7.86. The molecule has 1 unspecified atom stereocenters. The molecule has 0 saturated heterocycles. The van der Waals surface area contributed by atoms with Crippen LogP contribution in [0.5, 0.6) is 0 Å². The third kappa shape index (κ3) is 6.99. The number of allylic oxidation sites excluding steroid dienone is 1. The molecule has 6 nitrogen and oxygen atoms in total. The second-order valence-corrected chi connectivity index (χ2v) is 3.51. The zero-order valence-electron chi connectivity index (χ0n) is 10.2. The Labute approximate surface area is 100 Å². The monoisotopic (exact) mass is 239 g/mol. The summed E-state index contributed by atoms with van der Waals surface area (Å²) in [5.74, 6) is -0.793. The van der Waals surface area contributed by atoms with Gasteiger partial charge in [-0.3, -0.25) is 9.59 Å². The third-order valence-electron chi connectivity index (χ3n) is 1.76. The van der Waals surface area contributed by atoms with Crippen molar-refractivity contribution in [3.8, 4) is 0 Å². The average molecular weight is 239 g/mol. The van der Waals surface area contributed by atoms with Crippen LogP contribution in [-0.2, 0) is 9.59 Å². The largest absolute Gasteiger partial charge is 0.342 e. The van der Waals surface area contributed by atoms with Gasteiger partial charge in [-0.1, -0.05) is 6.58 Å². The van der Waals surface area contributed by atoms with Crippen LogP contribution in [0.4, 0.5) is 4.79 Å². The van der Waals surface area contributed by atoms with Crippen LogP contribution in [0.25, 0.3) is 0 Å². The molecule has 2 N–H and O–H groups in total. The lowest BCUT2D eigenvalue weighted by molar-refractivity contribution is -0.126. The minimum atomic E-state index is -0.586. The Hall–Kier alpha value is -1.98. The van der Waals surface area contributed by atoms with E-state index in [1.807, 2.05) is 0 Å². The van der Waals surface area contributed by atoms with E-state index < -0.39 is 18.1 Å². The number of hydrogen-bond donors (Lipinski definition) is 2. The smallest absolute Gasteiger partial charge is 0.336 e. The number of ketones is 1. The van der Waals surface area contributed by atoms with Crippen LogP contribution in [-0.4, -0.2) is 30.1 Å². The van der Waals surface area contributed by atoms with E-state index in [1.165, 1.54) is 13.1 Å². The number of urea groups is 1. The van der Waals surface area contributed by atoms with E-state index in [-0.39, 0.29) is 12.2 Å². The minimum Gasteiger partial charge on any atom is -0.336 e. The molecule has 0 rings (SSSR count). The summed E-state index contributed by atoms with van der Waals surface area (Å²) >= 11 is 0. The summed E-state index contributed by atoms with van der Waals surface area (Å²) in [5, 5.41) is 4.86. The fourth-order valence-electron chi connectivity index (χ4n) is 0.965. The summed E-state index contributed by atoms with van der Waals surface area (Å²) in [5.41, 5.74) is 0.326. The predicted octanol–water partition coefficient (Wildman–Crippen LogP) is 0.784. The van der Waals surface area contributed by atoms with Gasteiger partial charge in [-0.15, -0.1) is 0 Å². The third-order valence-corrected chi connectivity index (χ3v) is 1.76. The quantitative estimate of drug-likeness (QED) is 0.322. The topological polar surface area (TPSA) is 87.6 Å². The SMILES string of the molecule is C=C(C)C(=O)CC(=O)NC(C)NC(=O)/N=C/C. The standard InChI is InChI=1S/C11H17N3O3/c1-5-12-11(17)14-8(4)13-10(16)6-9(15)7(2)3/h5,8H,2,6H2,1,3-4H3,(H,13,16)(H,14,17)/b12-5+. The lowest BCUT2D eigenvalue weighted by Gasteiger charge is -2.13. The molecule has 0 aromatic rings. The van der Waals surface area contributed by atoms with Crippen LogP contribution >= 0.6 is 0 Å². The van der Waals surface area contributed by atoms with E-state index in [9.17, 15) is 14.4 Å². The molecule has 0 aromatic heterocycles. The summed E-state index contributed by atoms with van der Waals surface area (Å²) in [4.78, 5) is 37.0. The molecule has 6 heteroatoms. The Morgan fingerprint density at radius 3 is 2.41 bits per heavy atom. The molecule has 0 aromatic carbocycles. The van der Waals surface area contributed by atoms with Gasteiger partial charge in [0.15, 0.2) is 5.78 Å². The van der Waals surface area contributed by atoms with Crippen molar-refractivity contribution in [2.75, 3.05) is 0 Å². The Bertz CT molecular complexity index is 361. The first-order valence-electron chi connectivity index (χ1n) is 5.14. The van der Waals surface area contributed by atoms with Crippen molar-refractivity contribution in [2.24, 2.45) is 4.99 Å². The highest BCUT2D eigenvalue weighted by Crippen LogP contribution is 1.95. The molecule has 1 atom stereocenters. The predicted molar refractivity (Wildman–Crippen MR) is 64.7 cm³/mol. The van der Waals surface area contributed by atoms with Crippen molar-refractivity contribution in [1.29, 1.82) is 0 Å². The number of hydrogen-bond acceptors (Lipinski definition) is 3. The summed E-state index contributed by atoms with van der Waals surface area (Å²) in [6, 6.07) is -0.550. The normalized spacial score (nSPS) is 11.9. The summed E-state index contributed by atoms with van der Waals surface area (Å²) in [6.07, 6.45) is 0.484. The fourth-order valence-corrected chi connectivity index (χ4v) is 0.965. The van der Waals surface area contributed by atoms with Gasteiger partial charge in [-0.05, 0) is 26.3 Å². The van der Waals surface area contributed by atoms with E-state index in [2.05, 4.69) is 22.2 Å². The summed E-state index contributed by atoms with van der Waals surface area (Å²) in [6.45, 7) is 8.16. The maximum Gasteiger partial charge on any atom is 0.342 e. The molecule has 0 aliphatic heterocycles.